The number of rotatable bonds is 5. The zero-order valence-electron chi connectivity index (χ0n) is 11.8. The van der Waals surface area contributed by atoms with Crippen LogP contribution in [0.5, 0.6) is 0 Å². The van der Waals surface area contributed by atoms with Crippen LogP contribution in [0.4, 0.5) is 0 Å². The molecule has 2 rings (SSSR count). The third kappa shape index (κ3) is 3.38. The summed E-state index contributed by atoms with van der Waals surface area (Å²) in [6, 6.07) is 6.99. The summed E-state index contributed by atoms with van der Waals surface area (Å²) in [5.41, 5.74) is 6.55. The maximum Gasteiger partial charge on any atom is 0.243 e. The molecule has 2 N–H and O–H groups in total. The summed E-state index contributed by atoms with van der Waals surface area (Å²) in [6.45, 7) is 1.56. The minimum Gasteiger partial charge on any atom is -0.380 e. The van der Waals surface area contributed by atoms with Gasteiger partial charge in [-0.25, -0.2) is 8.42 Å². The number of methoxy groups -OCH3 is 1. The predicted octanol–water partition coefficient (Wildman–Crippen LogP) is 0.987. The second-order valence-corrected chi connectivity index (χ2v) is 6.98. The third-order valence-corrected chi connectivity index (χ3v) is 5.55. The Bertz CT molecular complexity index is 528. The van der Waals surface area contributed by atoms with Gasteiger partial charge in [-0.2, -0.15) is 4.31 Å². The van der Waals surface area contributed by atoms with Gasteiger partial charge in [0.2, 0.25) is 10.0 Å². The fourth-order valence-electron chi connectivity index (χ4n) is 2.46. The molecule has 5 nitrogen and oxygen atoms in total. The number of nitrogens with zero attached hydrogens (tertiary/aromatic N) is 1. The largest absolute Gasteiger partial charge is 0.380 e. The lowest BCUT2D eigenvalue weighted by Crippen LogP contribution is -2.42. The lowest BCUT2D eigenvalue weighted by atomic mass is 10.1. The Morgan fingerprint density at radius 3 is 2.65 bits per heavy atom. The average Bonchev–Trinajstić information content (AvgIpc) is 2.48. The molecule has 1 heterocycles. The van der Waals surface area contributed by atoms with Gasteiger partial charge in [0.05, 0.1) is 11.0 Å². The number of benzene rings is 1. The maximum atomic E-state index is 12.6. The van der Waals surface area contributed by atoms with Gasteiger partial charge in [-0.3, -0.25) is 0 Å². The molecule has 112 valence electrons. The molecule has 1 aliphatic heterocycles. The summed E-state index contributed by atoms with van der Waals surface area (Å²) in [5, 5.41) is 0. The fourth-order valence-corrected chi connectivity index (χ4v) is 3.97. The van der Waals surface area contributed by atoms with E-state index in [1.54, 1.807) is 19.2 Å². The number of nitrogens with two attached hydrogens (primary N) is 1. The monoisotopic (exact) mass is 298 g/mol. The molecule has 1 aliphatic rings. The second kappa shape index (κ2) is 6.67. The SMILES string of the molecule is COC1CCCN(S(=O)(=O)c2ccc(CCN)cc2)C1. The first-order valence-corrected chi connectivity index (χ1v) is 8.34. The molecule has 6 heteroatoms. The molecule has 1 unspecified atom stereocenters. The van der Waals surface area contributed by atoms with Gasteiger partial charge >= 0.3 is 0 Å². The van der Waals surface area contributed by atoms with E-state index in [-0.39, 0.29) is 6.10 Å². The van der Waals surface area contributed by atoms with Gasteiger partial charge in [0.15, 0.2) is 0 Å². The van der Waals surface area contributed by atoms with Crippen molar-refractivity contribution in [2.75, 3.05) is 26.7 Å². The number of hydrogen-bond acceptors (Lipinski definition) is 4. The summed E-state index contributed by atoms with van der Waals surface area (Å²) in [6.07, 6.45) is 2.51. The molecular weight excluding hydrogens is 276 g/mol. The summed E-state index contributed by atoms with van der Waals surface area (Å²) in [4.78, 5) is 0.343. The van der Waals surface area contributed by atoms with Crippen LogP contribution in [0.15, 0.2) is 29.2 Å². The Morgan fingerprint density at radius 1 is 1.35 bits per heavy atom. The molecule has 1 aromatic carbocycles. The molecule has 0 amide bonds. The smallest absolute Gasteiger partial charge is 0.243 e. The quantitative estimate of drug-likeness (QED) is 0.880. The number of piperidine rings is 1. The van der Waals surface area contributed by atoms with Gasteiger partial charge in [-0.05, 0) is 43.5 Å². The van der Waals surface area contributed by atoms with Crippen LogP contribution in [-0.4, -0.2) is 45.6 Å². The minimum absolute atomic E-state index is 0.00459. The molecule has 0 saturated carbocycles. The Hall–Kier alpha value is -0.950. The van der Waals surface area contributed by atoms with E-state index < -0.39 is 10.0 Å². The van der Waals surface area contributed by atoms with Crippen LogP contribution < -0.4 is 5.73 Å². The van der Waals surface area contributed by atoms with Crippen molar-refractivity contribution in [2.45, 2.75) is 30.3 Å². The zero-order valence-corrected chi connectivity index (χ0v) is 12.6. The maximum absolute atomic E-state index is 12.6. The molecule has 0 aromatic heterocycles. The lowest BCUT2D eigenvalue weighted by Gasteiger charge is -2.31. The van der Waals surface area contributed by atoms with E-state index >= 15 is 0 Å². The highest BCUT2D eigenvalue weighted by Crippen LogP contribution is 2.22. The van der Waals surface area contributed by atoms with Crippen molar-refractivity contribution in [1.82, 2.24) is 4.31 Å². The Labute approximate surface area is 120 Å². The van der Waals surface area contributed by atoms with Crippen LogP contribution in [0.3, 0.4) is 0 Å². The van der Waals surface area contributed by atoms with E-state index in [0.29, 0.717) is 24.5 Å². The van der Waals surface area contributed by atoms with E-state index in [2.05, 4.69) is 0 Å². The van der Waals surface area contributed by atoms with E-state index in [0.717, 1.165) is 24.8 Å². The molecule has 20 heavy (non-hydrogen) atoms. The Kier molecular flexibility index (Phi) is 5.15. The van der Waals surface area contributed by atoms with Crippen LogP contribution in [0.2, 0.25) is 0 Å². The van der Waals surface area contributed by atoms with Crippen LogP contribution in [0.1, 0.15) is 18.4 Å². The van der Waals surface area contributed by atoms with Crippen molar-refractivity contribution < 1.29 is 13.2 Å². The van der Waals surface area contributed by atoms with E-state index in [1.807, 2.05) is 12.1 Å². The zero-order chi connectivity index (χ0) is 14.6. The first-order chi connectivity index (χ1) is 9.57. The van der Waals surface area contributed by atoms with E-state index in [1.165, 1.54) is 4.31 Å². The Balaban J connectivity index is 2.16. The van der Waals surface area contributed by atoms with Gasteiger partial charge < -0.3 is 10.5 Å². The normalized spacial score (nSPS) is 21.0. The lowest BCUT2D eigenvalue weighted by molar-refractivity contribution is 0.0572. The minimum atomic E-state index is -3.41. The predicted molar refractivity (Wildman–Crippen MR) is 78.0 cm³/mol. The molecular formula is C14H22N2O3S. The highest BCUT2D eigenvalue weighted by Gasteiger charge is 2.30. The van der Waals surface area contributed by atoms with Crippen LogP contribution >= 0.6 is 0 Å². The Morgan fingerprint density at radius 2 is 2.05 bits per heavy atom. The standard InChI is InChI=1S/C14H22N2O3S/c1-19-13-3-2-10-16(11-13)20(17,18)14-6-4-12(5-7-14)8-9-15/h4-7,13H,2-3,8-11,15H2,1H3. The van der Waals surface area contributed by atoms with Gasteiger partial charge in [-0.15, -0.1) is 0 Å². The molecule has 0 spiro atoms. The fraction of sp³-hybridized carbons (Fsp3) is 0.571. The summed E-state index contributed by atoms with van der Waals surface area (Å²) >= 11 is 0. The third-order valence-electron chi connectivity index (χ3n) is 3.67. The summed E-state index contributed by atoms with van der Waals surface area (Å²) in [7, 11) is -1.79. The van der Waals surface area contributed by atoms with Gasteiger partial charge in [0.25, 0.3) is 0 Å². The highest BCUT2D eigenvalue weighted by molar-refractivity contribution is 7.89. The van der Waals surface area contributed by atoms with Crippen molar-refractivity contribution in [2.24, 2.45) is 5.73 Å². The number of ether oxygens (including phenoxy) is 1. The molecule has 1 saturated heterocycles. The van der Waals surface area contributed by atoms with Crippen LogP contribution in [0.25, 0.3) is 0 Å². The van der Waals surface area contributed by atoms with Crippen molar-refractivity contribution >= 4 is 10.0 Å². The molecule has 0 radical (unpaired) electrons. The van der Waals surface area contributed by atoms with Crippen LogP contribution in [-0.2, 0) is 21.2 Å². The average molecular weight is 298 g/mol. The summed E-state index contributed by atoms with van der Waals surface area (Å²) in [5.74, 6) is 0. The highest BCUT2D eigenvalue weighted by atomic mass is 32.2. The molecule has 1 aromatic rings. The van der Waals surface area contributed by atoms with Crippen molar-refractivity contribution in [3.8, 4) is 0 Å². The molecule has 0 bridgehead atoms. The molecule has 1 atom stereocenters. The van der Waals surface area contributed by atoms with Crippen molar-refractivity contribution in [3.63, 3.8) is 0 Å². The van der Waals surface area contributed by atoms with Crippen molar-refractivity contribution in [1.29, 1.82) is 0 Å². The first kappa shape index (κ1) is 15.4. The van der Waals surface area contributed by atoms with Gasteiger partial charge in [0, 0.05) is 20.2 Å². The molecule has 1 fully saturated rings. The van der Waals surface area contributed by atoms with E-state index in [4.69, 9.17) is 10.5 Å². The first-order valence-electron chi connectivity index (χ1n) is 6.90. The topological polar surface area (TPSA) is 72.6 Å². The van der Waals surface area contributed by atoms with Crippen LogP contribution in [0, 0.1) is 0 Å². The van der Waals surface area contributed by atoms with Crippen molar-refractivity contribution in [3.05, 3.63) is 29.8 Å². The number of sulfonamides is 1. The van der Waals surface area contributed by atoms with Gasteiger partial charge in [-0.1, -0.05) is 12.1 Å². The van der Waals surface area contributed by atoms with Gasteiger partial charge in [0.1, 0.15) is 0 Å². The van der Waals surface area contributed by atoms with E-state index in [9.17, 15) is 8.42 Å². The number of hydrogen-bond donors (Lipinski definition) is 1. The second-order valence-electron chi connectivity index (χ2n) is 5.05. The summed E-state index contributed by atoms with van der Waals surface area (Å²) < 4.78 is 31.9. The molecule has 0 aliphatic carbocycles.